The summed E-state index contributed by atoms with van der Waals surface area (Å²) in [6, 6.07) is 4.55. The van der Waals surface area contributed by atoms with Crippen LogP contribution in [0.25, 0.3) is 0 Å². The summed E-state index contributed by atoms with van der Waals surface area (Å²) in [6.45, 7) is 1.09. The first kappa shape index (κ1) is 13.5. The van der Waals surface area contributed by atoms with Gasteiger partial charge in [0.25, 0.3) is 0 Å². The molecule has 0 N–H and O–H groups in total. The Morgan fingerprint density at radius 1 is 1.68 bits per heavy atom. The van der Waals surface area contributed by atoms with Crippen LogP contribution in [0.5, 0.6) is 0 Å². The van der Waals surface area contributed by atoms with E-state index in [4.69, 9.17) is 14.4 Å². The zero-order chi connectivity index (χ0) is 13.8. The van der Waals surface area contributed by atoms with E-state index in [1.54, 1.807) is 18.2 Å². The maximum atomic E-state index is 11.8. The molecule has 2 rings (SSSR count). The van der Waals surface area contributed by atoms with Gasteiger partial charge in [0.05, 0.1) is 6.26 Å². The summed E-state index contributed by atoms with van der Waals surface area (Å²) in [5, 5.41) is 8.08. The highest BCUT2D eigenvalue weighted by Crippen LogP contribution is 2.41. The molecule has 7 heteroatoms. The molecule has 1 aliphatic heterocycles. The summed E-state index contributed by atoms with van der Waals surface area (Å²) in [5.41, 5.74) is 0. The van der Waals surface area contributed by atoms with Gasteiger partial charge < -0.3 is 14.1 Å². The number of nitriles is 1. The molecule has 2 atom stereocenters. The Hall–Kier alpha value is -1.94. The molecule has 0 spiro atoms. The van der Waals surface area contributed by atoms with Crippen molar-refractivity contribution in [1.29, 1.82) is 5.26 Å². The third kappa shape index (κ3) is 2.74. The first-order valence-electron chi connectivity index (χ1n) is 5.62. The van der Waals surface area contributed by atoms with Gasteiger partial charge in [-0.15, -0.1) is 11.8 Å². The molecule has 1 aromatic heterocycles. The molecule has 100 valence electrons. The Bertz CT molecular complexity index is 508. The second-order valence-corrected chi connectivity index (χ2v) is 5.02. The van der Waals surface area contributed by atoms with Crippen LogP contribution in [-0.4, -0.2) is 35.2 Å². The molecular formula is C12H12N2O4S. The van der Waals surface area contributed by atoms with E-state index in [1.165, 1.54) is 29.8 Å². The summed E-state index contributed by atoms with van der Waals surface area (Å²) in [6.07, 6.45) is 1.52. The Morgan fingerprint density at radius 2 is 2.47 bits per heavy atom. The van der Waals surface area contributed by atoms with Gasteiger partial charge >= 0.3 is 5.97 Å². The number of hydrogen-bond acceptors (Lipinski definition) is 6. The third-order valence-electron chi connectivity index (χ3n) is 2.70. The largest absolute Gasteiger partial charge is 0.466 e. The number of amides is 1. The molecule has 6 nitrogen and oxygen atoms in total. The number of nitrogens with zero attached hydrogens (tertiary/aromatic N) is 2. The van der Waals surface area contributed by atoms with Gasteiger partial charge in [-0.1, -0.05) is 0 Å². The maximum absolute atomic E-state index is 11.8. The van der Waals surface area contributed by atoms with Crippen molar-refractivity contribution in [3.05, 3.63) is 24.2 Å². The van der Waals surface area contributed by atoms with Crippen LogP contribution in [0.15, 0.2) is 22.8 Å². The van der Waals surface area contributed by atoms with Crippen LogP contribution in [0.2, 0.25) is 0 Å². The highest BCUT2D eigenvalue weighted by atomic mass is 32.2. The summed E-state index contributed by atoms with van der Waals surface area (Å²) in [4.78, 5) is 25.0. The average molecular weight is 280 g/mol. The van der Waals surface area contributed by atoms with E-state index in [2.05, 4.69) is 0 Å². The molecule has 1 saturated heterocycles. The fraction of sp³-hybridized carbons (Fsp3) is 0.417. The topological polar surface area (TPSA) is 83.5 Å². The minimum Gasteiger partial charge on any atom is -0.466 e. The molecule has 0 aromatic carbocycles. The Labute approximate surface area is 114 Å². The first-order chi connectivity index (χ1) is 9.15. The van der Waals surface area contributed by atoms with E-state index in [1.807, 2.05) is 0 Å². The zero-order valence-corrected chi connectivity index (χ0v) is 11.1. The Morgan fingerprint density at radius 3 is 3.05 bits per heavy atom. The van der Waals surface area contributed by atoms with Crippen LogP contribution < -0.4 is 0 Å². The number of furan rings is 1. The van der Waals surface area contributed by atoms with Crippen LogP contribution in [0.1, 0.15) is 18.1 Å². The van der Waals surface area contributed by atoms with Crippen LogP contribution >= 0.6 is 11.8 Å². The fourth-order valence-corrected chi connectivity index (χ4v) is 3.34. The van der Waals surface area contributed by atoms with Crippen molar-refractivity contribution < 1.29 is 18.7 Å². The van der Waals surface area contributed by atoms with Gasteiger partial charge in [-0.2, -0.15) is 5.26 Å². The summed E-state index contributed by atoms with van der Waals surface area (Å²) >= 11 is 1.43. The normalized spacial score (nSPS) is 22.0. The zero-order valence-electron chi connectivity index (χ0n) is 10.2. The lowest BCUT2D eigenvalue weighted by Gasteiger charge is -2.25. The number of rotatable bonds is 3. The molecule has 1 aliphatic rings. The molecule has 0 unspecified atom stereocenters. The highest BCUT2D eigenvalue weighted by molar-refractivity contribution is 7.99. The molecule has 0 aliphatic carbocycles. The number of carbonyl (C=O) groups is 2. The summed E-state index contributed by atoms with van der Waals surface area (Å²) in [7, 11) is 0. The van der Waals surface area contributed by atoms with Crippen LogP contribution in [0.3, 0.4) is 0 Å². The molecule has 19 heavy (non-hydrogen) atoms. The highest BCUT2D eigenvalue weighted by Gasteiger charge is 2.43. The van der Waals surface area contributed by atoms with Crippen molar-refractivity contribution in [2.75, 3.05) is 12.4 Å². The molecule has 0 bridgehead atoms. The molecule has 1 aromatic rings. The molecule has 1 fully saturated rings. The van der Waals surface area contributed by atoms with E-state index < -0.39 is 12.0 Å². The number of thioether (sulfide) groups is 1. The van der Waals surface area contributed by atoms with E-state index >= 15 is 0 Å². The Balaban J connectivity index is 2.16. The van der Waals surface area contributed by atoms with Gasteiger partial charge in [-0.25, -0.2) is 4.79 Å². The monoisotopic (exact) mass is 280 g/mol. The lowest BCUT2D eigenvalue weighted by Crippen LogP contribution is -2.42. The van der Waals surface area contributed by atoms with Gasteiger partial charge in [0, 0.05) is 12.7 Å². The van der Waals surface area contributed by atoms with Crippen LogP contribution in [-0.2, 0) is 14.3 Å². The van der Waals surface area contributed by atoms with E-state index in [9.17, 15) is 9.59 Å². The Kier molecular flexibility index (Phi) is 4.12. The standard InChI is InChI=1S/C12H12N2O4S/c1-8(15)14-9(12(16)18-6-4-13)7-19-11(14)10-3-2-5-17-10/h2-3,5,9,11H,6-7H2,1H3/t9-,11-/m0/s1. The molecule has 1 amide bonds. The van der Waals surface area contributed by atoms with Crippen molar-refractivity contribution >= 4 is 23.6 Å². The van der Waals surface area contributed by atoms with Crippen molar-refractivity contribution in [3.63, 3.8) is 0 Å². The minimum absolute atomic E-state index is 0.231. The van der Waals surface area contributed by atoms with Crippen molar-refractivity contribution in [2.45, 2.75) is 18.3 Å². The number of hydrogen-bond donors (Lipinski definition) is 0. The first-order valence-corrected chi connectivity index (χ1v) is 6.67. The summed E-state index contributed by atoms with van der Waals surface area (Å²) in [5.74, 6) is 0.259. The van der Waals surface area contributed by atoms with Crippen LogP contribution in [0.4, 0.5) is 0 Å². The predicted molar refractivity (Wildman–Crippen MR) is 66.8 cm³/mol. The van der Waals surface area contributed by atoms with Gasteiger partial charge in [0.2, 0.25) is 5.91 Å². The lowest BCUT2D eigenvalue weighted by atomic mass is 10.2. The molecular weight excluding hydrogens is 268 g/mol. The molecule has 0 radical (unpaired) electrons. The van der Waals surface area contributed by atoms with Gasteiger partial charge in [-0.3, -0.25) is 4.79 Å². The van der Waals surface area contributed by atoms with Gasteiger partial charge in [0.1, 0.15) is 23.2 Å². The molecule has 2 heterocycles. The SMILES string of the molecule is CC(=O)N1[C@H](C(=O)OCC#N)CS[C@H]1c1ccco1. The maximum Gasteiger partial charge on any atom is 0.330 e. The smallest absolute Gasteiger partial charge is 0.330 e. The van der Waals surface area contributed by atoms with E-state index in [-0.39, 0.29) is 17.9 Å². The third-order valence-corrected chi connectivity index (χ3v) is 3.98. The minimum atomic E-state index is -0.675. The quantitative estimate of drug-likeness (QED) is 0.776. The molecule has 0 saturated carbocycles. The number of esters is 1. The van der Waals surface area contributed by atoms with E-state index in [0.717, 1.165) is 0 Å². The average Bonchev–Trinajstić information content (AvgIpc) is 3.02. The van der Waals surface area contributed by atoms with Crippen molar-refractivity contribution in [2.24, 2.45) is 0 Å². The van der Waals surface area contributed by atoms with Crippen molar-refractivity contribution in [1.82, 2.24) is 4.90 Å². The van der Waals surface area contributed by atoms with Crippen LogP contribution in [0, 0.1) is 11.3 Å². The van der Waals surface area contributed by atoms with Crippen molar-refractivity contribution in [3.8, 4) is 6.07 Å². The van der Waals surface area contributed by atoms with E-state index in [0.29, 0.717) is 11.5 Å². The second-order valence-electron chi connectivity index (χ2n) is 3.91. The second kappa shape index (κ2) is 5.80. The van der Waals surface area contributed by atoms with Gasteiger partial charge in [-0.05, 0) is 12.1 Å². The lowest BCUT2D eigenvalue weighted by molar-refractivity contribution is -0.152. The predicted octanol–water partition coefficient (Wildman–Crippen LogP) is 1.31. The summed E-state index contributed by atoms with van der Waals surface area (Å²) < 4.78 is 10.1. The number of carbonyl (C=O) groups excluding carboxylic acids is 2. The number of ether oxygens (including phenoxy) is 1. The van der Waals surface area contributed by atoms with Gasteiger partial charge in [0.15, 0.2) is 6.61 Å². The fourth-order valence-electron chi connectivity index (χ4n) is 1.92.